The Balaban J connectivity index is 0.000000265. The SMILES string of the molecule is Fc1cc(-c2cc(F)c(F)c(F)c2F)c(F)c(F)c1F.Fc1cc(-c2cc(F)c(F)c(F)c2F)c(F)c(F)c1F.Fc1cc(-c2cc(F)c(F)c(F)c2F)c(F)c(F)c1F.OB(O)O.c1cc[nH]c1.c1cc[nH]c1.c1cc[nH]c1. The van der Waals surface area contributed by atoms with E-state index >= 15 is 0 Å². The third kappa shape index (κ3) is 16.5. The number of aromatic amines is 3. The van der Waals surface area contributed by atoms with Crippen molar-refractivity contribution < 1.29 is 120 Å². The van der Waals surface area contributed by atoms with Crippen LogP contribution in [0.1, 0.15) is 0 Å². The molecular weight excluding hydrogens is 1130 g/mol. The smallest absolute Gasteiger partial charge is 0.402 e. The molecule has 79 heavy (non-hydrogen) atoms. The van der Waals surface area contributed by atoms with Gasteiger partial charge in [0.2, 0.25) is 0 Å². The van der Waals surface area contributed by atoms with E-state index in [0.717, 1.165) is 0 Å². The van der Waals surface area contributed by atoms with Gasteiger partial charge in [0.25, 0.3) is 0 Å². The zero-order chi connectivity index (χ0) is 59.7. The minimum atomic E-state index is -2.29. The molecular formula is C48H24BF24N3O3. The molecule has 0 unspecified atom stereocenters. The highest BCUT2D eigenvalue weighted by atomic mass is 19.2. The molecule has 0 amide bonds. The molecule has 9 aromatic rings. The molecule has 0 radical (unpaired) electrons. The minimum Gasteiger partial charge on any atom is -0.402 e. The van der Waals surface area contributed by atoms with Crippen LogP contribution < -0.4 is 0 Å². The first kappa shape index (κ1) is 64.7. The molecule has 0 saturated heterocycles. The van der Waals surface area contributed by atoms with Gasteiger partial charge in [-0.15, -0.1) is 0 Å². The van der Waals surface area contributed by atoms with Crippen LogP contribution >= 0.6 is 0 Å². The summed E-state index contributed by atoms with van der Waals surface area (Å²) in [5.41, 5.74) is -7.68. The third-order valence-corrected chi connectivity index (χ3v) is 8.97. The van der Waals surface area contributed by atoms with Crippen molar-refractivity contribution in [2.45, 2.75) is 0 Å². The van der Waals surface area contributed by atoms with E-state index in [1.54, 1.807) is 0 Å². The number of H-pyrrole nitrogens is 3. The van der Waals surface area contributed by atoms with E-state index in [4.69, 9.17) is 15.1 Å². The summed E-state index contributed by atoms with van der Waals surface area (Å²) in [5, 5.41) is 21.5. The van der Waals surface area contributed by atoms with Gasteiger partial charge in [0.1, 0.15) is 0 Å². The molecule has 0 saturated carbocycles. The van der Waals surface area contributed by atoms with E-state index < -0.39 is 180 Å². The number of nitrogens with one attached hydrogen (secondary N) is 3. The summed E-state index contributed by atoms with van der Waals surface area (Å²) in [5.74, 6) is -50.5. The topological polar surface area (TPSA) is 108 Å². The first-order valence-corrected chi connectivity index (χ1v) is 20.3. The zero-order valence-corrected chi connectivity index (χ0v) is 37.9. The first-order chi connectivity index (χ1) is 37.0. The van der Waals surface area contributed by atoms with Crippen LogP contribution in [0.15, 0.2) is 110 Å². The summed E-state index contributed by atoms with van der Waals surface area (Å²) in [4.78, 5) is 8.58. The van der Waals surface area contributed by atoms with Crippen LogP contribution in [0.2, 0.25) is 0 Å². The first-order valence-electron chi connectivity index (χ1n) is 20.3. The Kier molecular flexibility index (Phi) is 24.0. The Labute approximate surface area is 425 Å². The van der Waals surface area contributed by atoms with Gasteiger partial charge in [-0.05, 0) is 72.8 Å². The van der Waals surface area contributed by atoms with Gasteiger partial charge in [0.15, 0.2) is 140 Å². The summed E-state index contributed by atoms with van der Waals surface area (Å²) in [7, 11) is -2.17. The van der Waals surface area contributed by atoms with E-state index in [9.17, 15) is 105 Å². The second-order valence-electron chi connectivity index (χ2n) is 14.1. The number of benzene rings is 6. The van der Waals surface area contributed by atoms with Crippen molar-refractivity contribution >= 4 is 7.32 Å². The Bertz CT molecular complexity index is 2870. The number of aromatic nitrogens is 3. The monoisotopic (exact) mass is 1160 g/mol. The van der Waals surface area contributed by atoms with E-state index in [1.807, 2.05) is 73.6 Å². The summed E-state index contributed by atoms with van der Waals surface area (Å²) in [6, 6.07) is 11.7. The Morgan fingerprint density at radius 1 is 0.203 bits per heavy atom. The molecule has 6 nitrogen and oxygen atoms in total. The van der Waals surface area contributed by atoms with Crippen molar-refractivity contribution in [1.82, 2.24) is 15.0 Å². The van der Waals surface area contributed by atoms with Crippen molar-refractivity contribution in [2.24, 2.45) is 0 Å². The van der Waals surface area contributed by atoms with Crippen LogP contribution in [-0.2, 0) is 0 Å². The van der Waals surface area contributed by atoms with Crippen molar-refractivity contribution in [3.8, 4) is 33.4 Å². The van der Waals surface area contributed by atoms with E-state index in [0.29, 0.717) is 0 Å². The van der Waals surface area contributed by atoms with Gasteiger partial charge in [-0.2, -0.15) is 0 Å². The van der Waals surface area contributed by atoms with Crippen LogP contribution in [0.3, 0.4) is 0 Å². The molecule has 3 aromatic heterocycles. The highest BCUT2D eigenvalue weighted by Crippen LogP contribution is 2.35. The lowest BCUT2D eigenvalue weighted by Gasteiger charge is -2.09. The zero-order valence-electron chi connectivity index (χ0n) is 37.9. The number of hydrogen-bond donors (Lipinski definition) is 6. The van der Waals surface area contributed by atoms with Gasteiger partial charge in [-0.25, -0.2) is 105 Å². The Hall–Kier alpha value is -8.58. The fraction of sp³-hybridized carbons (Fsp3) is 0. The average Bonchev–Trinajstić information content (AvgIpc) is 4.29. The standard InChI is InChI=1S/3C12H2F8.3C4H5N.BH3O3/c3*13-5-1-3(7(15)11(19)9(5)17)4-2-6(14)10(18)12(20)8(4)16;3*1-2-4-5-3-1;2-1(3)4/h3*1-2H;3*1-5H;2-4H. The van der Waals surface area contributed by atoms with Crippen molar-refractivity contribution in [2.75, 3.05) is 0 Å². The maximum Gasteiger partial charge on any atom is 0.631 e. The van der Waals surface area contributed by atoms with E-state index in [2.05, 4.69) is 15.0 Å². The van der Waals surface area contributed by atoms with Crippen LogP contribution in [0.4, 0.5) is 105 Å². The second-order valence-corrected chi connectivity index (χ2v) is 14.1. The predicted molar refractivity (Wildman–Crippen MR) is 229 cm³/mol. The fourth-order valence-corrected chi connectivity index (χ4v) is 5.45. The molecule has 420 valence electrons. The van der Waals surface area contributed by atoms with Gasteiger partial charge in [0.05, 0.1) is 0 Å². The Morgan fingerprint density at radius 3 is 0.405 bits per heavy atom. The molecule has 0 bridgehead atoms. The van der Waals surface area contributed by atoms with Gasteiger partial charge in [-0.1, -0.05) is 0 Å². The van der Waals surface area contributed by atoms with E-state index in [-0.39, 0.29) is 36.4 Å². The number of halogens is 24. The molecule has 6 N–H and O–H groups in total. The molecule has 0 aliphatic carbocycles. The van der Waals surface area contributed by atoms with Crippen molar-refractivity contribution in [1.29, 1.82) is 0 Å². The molecule has 9 rings (SSSR count). The highest BCUT2D eigenvalue weighted by Gasteiger charge is 2.29. The molecule has 0 fully saturated rings. The maximum absolute atomic E-state index is 13.4. The van der Waals surface area contributed by atoms with Crippen molar-refractivity contribution in [3.63, 3.8) is 0 Å². The lowest BCUT2D eigenvalue weighted by molar-refractivity contribution is 0.278. The maximum atomic E-state index is 13.4. The largest absolute Gasteiger partial charge is 0.631 e. The summed E-state index contributed by atoms with van der Waals surface area (Å²) >= 11 is 0. The van der Waals surface area contributed by atoms with Crippen molar-refractivity contribution in [3.05, 3.63) is 250 Å². The lowest BCUT2D eigenvalue weighted by Crippen LogP contribution is -2.07. The summed E-state index contributed by atoms with van der Waals surface area (Å²) < 4.78 is 312. The predicted octanol–water partition coefficient (Wildman–Crippen LogP) is 14.4. The van der Waals surface area contributed by atoms with Crippen LogP contribution in [0, 0.1) is 140 Å². The quantitative estimate of drug-likeness (QED) is 0.0459. The number of hydrogen-bond acceptors (Lipinski definition) is 3. The second kappa shape index (κ2) is 29.2. The molecule has 3 heterocycles. The third-order valence-electron chi connectivity index (χ3n) is 8.97. The highest BCUT2D eigenvalue weighted by molar-refractivity contribution is 6.30. The molecule has 0 aliphatic heterocycles. The van der Waals surface area contributed by atoms with Gasteiger partial charge in [-0.3, -0.25) is 0 Å². The van der Waals surface area contributed by atoms with Gasteiger partial charge >= 0.3 is 7.32 Å². The van der Waals surface area contributed by atoms with Crippen LogP contribution in [0.25, 0.3) is 33.4 Å². The molecule has 0 spiro atoms. The van der Waals surface area contributed by atoms with Gasteiger partial charge < -0.3 is 30.0 Å². The summed E-state index contributed by atoms with van der Waals surface area (Å²) in [6.45, 7) is 0. The van der Waals surface area contributed by atoms with Gasteiger partial charge in [0, 0.05) is 70.6 Å². The average molecular weight is 1160 g/mol. The Morgan fingerprint density at radius 2 is 0.316 bits per heavy atom. The van der Waals surface area contributed by atoms with Crippen LogP contribution in [0.5, 0.6) is 0 Å². The molecule has 0 aliphatic rings. The normalized spacial score (nSPS) is 10.2. The molecule has 0 atom stereocenters. The number of rotatable bonds is 3. The lowest BCUT2D eigenvalue weighted by atomic mass is 10.0. The molecule has 31 heteroatoms. The summed E-state index contributed by atoms with van der Waals surface area (Å²) in [6.07, 6.45) is 11.2. The molecule has 6 aromatic carbocycles. The van der Waals surface area contributed by atoms with E-state index in [1.165, 1.54) is 0 Å². The fourth-order valence-electron chi connectivity index (χ4n) is 5.45. The minimum absolute atomic E-state index is 0.00292. The van der Waals surface area contributed by atoms with Crippen LogP contribution in [-0.4, -0.2) is 37.3 Å².